The molecule has 0 radical (unpaired) electrons. The van der Waals surface area contributed by atoms with Gasteiger partial charge in [0, 0.05) is 13.1 Å². The molecule has 0 aromatic heterocycles. The Hall–Kier alpha value is -1.84. The highest BCUT2D eigenvalue weighted by atomic mass is 16.5. The average Bonchev–Trinajstić information content (AvgIpc) is 2.75. The first-order valence-electron chi connectivity index (χ1n) is 11.8. The topological polar surface area (TPSA) is 15.7 Å². The van der Waals surface area contributed by atoms with E-state index in [1.165, 1.54) is 57.3 Å². The SMILES string of the molecule is CCCc1ccccc1CC1CCN(CCc2ccc(OCCN(C)C)cc2)CC1. The van der Waals surface area contributed by atoms with E-state index in [-0.39, 0.29) is 0 Å². The van der Waals surface area contributed by atoms with Gasteiger partial charge in [-0.15, -0.1) is 0 Å². The van der Waals surface area contributed by atoms with E-state index in [0.29, 0.717) is 0 Å². The molecule has 2 aromatic carbocycles. The van der Waals surface area contributed by atoms with Gasteiger partial charge >= 0.3 is 0 Å². The zero-order valence-electron chi connectivity index (χ0n) is 19.3. The van der Waals surface area contributed by atoms with Crippen molar-refractivity contribution in [3.63, 3.8) is 0 Å². The molecule has 0 aliphatic carbocycles. The molecular weight excluding hydrogens is 368 g/mol. The minimum absolute atomic E-state index is 0.740. The van der Waals surface area contributed by atoms with Crippen molar-refractivity contribution in [2.24, 2.45) is 5.92 Å². The molecular formula is C27H40N2O. The quantitative estimate of drug-likeness (QED) is 0.516. The lowest BCUT2D eigenvalue weighted by Gasteiger charge is -2.32. The van der Waals surface area contributed by atoms with Gasteiger partial charge in [0.1, 0.15) is 12.4 Å². The van der Waals surface area contributed by atoms with Gasteiger partial charge in [0.2, 0.25) is 0 Å². The number of aryl methyl sites for hydroxylation is 1. The van der Waals surface area contributed by atoms with E-state index < -0.39 is 0 Å². The molecule has 0 saturated carbocycles. The van der Waals surface area contributed by atoms with E-state index in [2.05, 4.69) is 79.3 Å². The molecule has 164 valence electrons. The van der Waals surface area contributed by atoms with E-state index in [4.69, 9.17) is 4.74 Å². The van der Waals surface area contributed by atoms with Crippen LogP contribution in [0, 0.1) is 5.92 Å². The molecule has 0 spiro atoms. The Morgan fingerprint density at radius 3 is 2.30 bits per heavy atom. The molecule has 3 heteroatoms. The molecule has 1 fully saturated rings. The highest BCUT2D eigenvalue weighted by Gasteiger charge is 2.20. The predicted molar refractivity (Wildman–Crippen MR) is 128 cm³/mol. The zero-order valence-corrected chi connectivity index (χ0v) is 19.3. The number of hydrogen-bond acceptors (Lipinski definition) is 3. The number of rotatable bonds is 11. The number of likely N-dealkylation sites (tertiary alicyclic amines) is 1. The maximum absolute atomic E-state index is 5.80. The summed E-state index contributed by atoms with van der Waals surface area (Å²) >= 11 is 0. The van der Waals surface area contributed by atoms with Crippen molar-refractivity contribution >= 4 is 0 Å². The third kappa shape index (κ3) is 7.45. The summed E-state index contributed by atoms with van der Waals surface area (Å²) in [6, 6.07) is 17.8. The molecule has 3 rings (SSSR count). The normalized spacial score (nSPS) is 15.6. The van der Waals surface area contributed by atoms with Crippen LogP contribution >= 0.6 is 0 Å². The van der Waals surface area contributed by atoms with Crippen LogP contribution in [-0.4, -0.2) is 56.7 Å². The summed E-state index contributed by atoms with van der Waals surface area (Å²) < 4.78 is 5.80. The standard InChI is InChI=1S/C27H40N2O/c1-4-7-25-8-5-6-9-26(25)22-24-15-18-29(19-16-24)17-14-23-10-12-27(13-11-23)30-21-20-28(2)3/h5-6,8-13,24H,4,7,14-22H2,1-3H3. The monoisotopic (exact) mass is 408 g/mol. The Morgan fingerprint density at radius 1 is 0.933 bits per heavy atom. The fourth-order valence-electron chi connectivity index (χ4n) is 4.38. The summed E-state index contributed by atoms with van der Waals surface area (Å²) in [5.74, 6) is 1.82. The Balaban J connectivity index is 1.38. The summed E-state index contributed by atoms with van der Waals surface area (Å²) in [6.07, 6.45) is 7.51. The minimum Gasteiger partial charge on any atom is -0.492 e. The third-order valence-corrected chi connectivity index (χ3v) is 6.30. The number of ether oxygens (including phenoxy) is 1. The fourth-order valence-corrected chi connectivity index (χ4v) is 4.38. The van der Waals surface area contributed by atoms with E-state index in [1.54, 1.807) is 11.1 Å². The van der Waals surface area contributed by atoms with Crippen LogP contribution in [0.3, 0.4) is 0 Å². The Morgan fingerprint density at radius 2 is 1.63 bits per heavy atom. The Kier molecular flexibility index (Phi) is 9.23. The minimum atomic E-state index is 0.740. The van der Waals surface area contributed by atoms with Crippen molar-refractivity contribution < 1.29 is 4.74 Å². The highest BCUT2D eigenvalue weighted by Crippen LogP contribution is 2.24. The van der Waals surface area contributed by atoms with Crippen LogP contribution in [0.5, 0.6) is 5.75 Å². The average molecular weight is 409 g/mol. The number of benzene rings is 2. The van der Waals surface area contributed by atoms with Crippen LogP contribution in [-0.2, 0) is 19.3 Å². The molecule has 0 amide bonds. The van der Waals surface area contributed by atoms with Crippen LogP contribution in [0.15, 0.2) is 48.5 Å². The van der Waals surface area contributed by atoms with Gasteiger partial charge in [0.25, 0.3) is 0 Å². The maximum atomic E-state index is 5.80. The van der Waals surface area contributed by atoms with Gasteiger partial charge in [0.05, 0.1) is 0 Å². The van der Waals surface area contributed by atoms with Gasteiger partial charge in [0.15, 0.2) is 0 Å². The largest absolute Gasteiger partial charge is 0.492 e. The van der Waals surface area contributed by atoms with Crippen LogP contribution in [0.4, 0.5) is 0 Å². The van der Waals surface area contributed by atoms with Gasteiger partial charge in [-0.2, -0.15) is 0 Å². The Bertz CT molecular complexity index is 733. The van der Waals surface area contributed by atoms with Gasteiger partial charge in [-0.3, -0.25) is 0 Å². The van der Waals surface area contributed by atoms with E-state index in [0.717, 1.165) is 31.2 Å². The second-order valence-electron chi connectivity index (χ2n) is 9.05. The van der Waals surface area contributed by atoms with Crippen LogP contribution in [0.2, 0.25) is 0 Å². The summed E-state index contributed by atoms with van der Waals surface area (Å²) in [6.45, 7) is 7.62. The van der Waals surface area contributed by atoms with Crippen molar-refractivity contribution in [1.82, 2.24) is 9.80 Å². The molecule has 0 N–H and O–H groups in total. The van der Waals surface area contributed by atoms with Gasteiger partial charge < -0.3 is 14.5 Å². The van der Waals surface area contributed by atoms with E-state index in [1.807, 2.05) is 0 Å². The number of hydrogen-bond donors (Lipinski definition) is 0. The predicted octanol–water partition coefficient (Wildman–Crippen LogP) is 5.08. The first-order valence-corrected chi connectivity index (χ1v) is 11.8. The molecule has 2 aromatic rings. The van der Waals surface area contributed by atoms with Gasteiger partial charge in [-0.1, -0.05) is 49.7 Å². The molecule has 1 saturated heterocycles. The lowest BCUT2D eigenvalue weighted by Crippen LogP contribution is -2.35. The summed E-state index contributed by atoms with van der Waals surface area (Å²) in [5, 5.41) is 0. The van der Waals surface area contributed by atoms with Crippen molar-refractivity contribution in [2.45, 2.75) is 45.4 Å². The summed E-state index contributed by atoms with van der Waals surface area (Å²) in [5.41, 5.74) is 4.56. The molecule has 1 heterocycles. The second-order valence-corrected chi connectivity index (χ2v) is 9.05. The molecule has 1 aliphatic rings. The molecule has 0 unspecified atom stereocenters. The van der Waals surface area contributed by atoms with E-state index in [9.17, 15) is 0 Å². The summed E-state index contributed by atoms with van der Waals surface area (Å²) in [7, 11) is 4.14. The van der Waals surface area contributed by atoms with Gasteiger partial charge in [-0.05, 0) is 94.0 Å². The van der Waals surface area contributed by atoms with Crippen molar-refractivity contribution in [3.8, 4) is 5.75 Å². The lowest BCUT2D eigenvalue weighted by atomic mass is 9.87. The summed E-state index contributed by atoms with van der Waals surface area (Å²) in [4.78, 5) is 4.79. The molecule has 0 atom stereocenters. The first-order chi connectivity index (χ1) is 14.6. The second kappa shape index (κ2) is 12.1. The lowest BCUT2D eigenvalue weighted by molar-refractivity contribution is 0.185. The number of piperidine rings is 1. The molecule has 1 aliphatic heterocycles. The molecule has 30 heavy (non-hydrogen) atoms. The first kappa shape index (κ1) is 22.8. The van der Waals surface area contributed by atoms with E-state index >= 15 is 0 Å². The number of likely N-dealkylation sites (N-methyl/N-ethyl adjacent to an activating group) is 1. The van der Waals surface area contributed by atoms with Gasteiger partial charge in [-0.25, -0.2) is 0 Å². The highest BCUT2D eigenvalue weighted by molar-refractivity contribution is 5.28. The molecule has 3 nitrogen and oxygen atoms in total. The van der Waals surface area contributed by atoms with Crippen molar-refractivity contribution in [3.05, 3.63) is 65.2 Å². The molecule has 0 bridgehead atoms. The van der Waals surface area contributed by atoms with Crippen molar-refractivity contribution in [1.29, 1.82) is 0 Å². The fraction of sp³-hybridized carbons (Fsp3) is 0.556. The van der Waals surface area contributed by atoms with Crippen LogP contribution in [0.25, 0.3) is 0 Å². The number of nitrogens with zero attached hydrogens (tertiary/aromatic N) is 2. The Labute approximate surface area is 184 Å². The van der Waals surface area contributed by atoms with Crippen LogP contribution in [0.1, 0.15) is 42.9 Å². The van der Waals surface area contributed by atoms with Crippen molar-refractivity contribution in [2.75, 3.05) is 46.9 Å². The third-order valence-electron chi connectivity index (χ3n) is 6.30. The smallest absolute Gasteiger partial charge is 0.119 e. The zero-order chi connectivity index (χ0) is 21.2. The van der Waals surface area contributed by atoms with Crippen LogP contribution < -0.4 is 4.74 Å². The maximum Gasteiger partial charge on any atom is 0.119 e.